The van der Waals surface area contributed by atoms with Crippen LogP contribution in [0.25, 0.3) is 31.3 Å². The van der Waals surface area contributed by atoms with E-state index in [0.29, 0.717) is 12.8 Å². The molecule has 1 saturated carbocycles. The summed E-state index contributed by atoms with van der Waals surface area (Å²) in [7, 11) is 0. The minimum Gasteiger partial charge on any atom is -0.393 e. The zero-order valence-corrected chi connectivity index (χ0v) is 9.61. The zero-order chi connectivity index (χ0) is 13.4. The van der Waals surface area contributed by atoms with Gasteiger partial charge in [0, 0.05) is 27.8 Å². The van der Waals surface area contributed by atoms with Crippen LogP contribution >= 0.6 is 0 Å². The molecule has 0 aromatic carbocycles. The van der Waals surface area contributed by atoms with Gasteiger partial charge in [-0.25, -0.2) is 0 Å². The Bertz CT molecular complexity index is 418. The van der Waals surface area contributed by atoms with Gasteiger partial charge < -0.3 is 5.11 Å². The lowest BCUT2D eigenvalue weighted by atomic mass is 9.75. The maximum atomic E-state index is 9.81. The summed E-state index contributed by atoms with van der Waals surface area (Å²) in [6, 6.07) is -0.517. The molecular weight excluding hydrogens is 238 g/mol. The molecule has 96 valence electrons. The molecule has 0 spiro atoms. The van der Waals surface area contributed by atoms with Crippen molar-refractivity contribution in [3.63, 3.8) is 0 Å². The number of nitrogens with zero attached hydrogens (tertiary/aromatic N) is 9. The van der Waals surface area contributed by atoms with Gasteiger partial charge in [0.15, 0.2) is 0 Å². The molecule has 0 radical (unpaired) electrons. The predicted molar refractivity (Wildman–Crippen MR) is 63.2 cm³/mol. The van der Waals surface area contributed by atoms with E-state index in [-0.39, 0.29) is 24.9 Å². The molecule has 0 aromatic heterocycles. The number of hydrogen-bond acceptors (Lipinski definition) is 4. The van der Waals surface area contributed by atoms with Crippen molar-refractivity contribution in [1.82, 2.24) is 0 Å². The second kappa shape index (κ2) is 7.26. The van der Waals surface area contributed by atoms with Crippen LogP contribution in [0.2, 0.25) is 0 Å². The molecule has 1 aliphatic carbocycles. The van der Waals surface area contributed by atoms with Gasteiger partial charge in [0.2, 0.25) is 0 Å². The summed E-state index contributed by atoms with van der Waals surface area (Å²) in [5.74, 6) is -0.114. The average molecular weight is 251 g/mol. The summed E-state index contributed by atoms with van der Waals surface area (Å²) >= 11 is 0. The number of azide groups is 3. The van der Waals surface area contributed by atoms with Gasteiger partial charge >= 0.3 is 0 Å². The van der Waals surface area contributed by atoms with Gasteiger partial charge in [-0.2, -0.15) is 0 Å². The first-order valence-corrected chi connectivity index (χ1v) is 5.47. The Hall–Kier alpha value is -2.11. The molecule has 1 fully saturated rings. The van der Waals surface area contributed by atoms with Crippen LogP contribution in [0.3, 0.4) is 0 Å². The molecule has 10 nitrogen and oxygen atoms in total. The van der Waals surface area contributed by atoms with Crippen LogP contribution in [-0.4, -0.2) is 30.3 Å². The third kappa shape index (κ3) is 3.73. The molecule has 0 bridgehead atoms. The summed E-state index contributed by atoms with van der Waals surface area (Å²) < 4.78 is 0. The summed E-state index contributed by atoms with van der Waals surface area (Å²) in [6.45, 7) is 0.481. The minimum atomic E-state index is -0.748. The van der Waals surface area contributed by atoms with Gasteiger partial charge in [-0.1, -0.05) is 15.3 Å². The number of aliphatic hydroxyl groups excluding tert-OH is 1. The Kier molecular flexibility index (Phi) is 5.63. The molecule has 0 aliphatic heterocycles. The Morgan fingerprint density at radius 1 is 0.944 bits per heavy atom. The van der Waals surface area contributed by atoms with Crippen LogP contribution in [0.15, 0.2) is 15.3 Å². The van der Waals surface area contributed by atoms with Crippen molar-refractivity contribution in [2.24, 2.45) is 27.2 Å². The largest absolute Gasteiger partial charge is 0.393 e. The number of aliphatic hydroxyl groups is 1. The fraction of sp³-hybridized carbons (Fsp3) is 1.00. The molecule has 0 amide bonds. The zero-order valence-electron chi connectivity index (χ0n) is 9.61. The Balaban J connectivity index is 2.78. The first-order valence-electron chi connectivity index (χ1n) is 5.47. The molecule has 1 aliphatic rings. The standard InChI is InChI=1S/C8H13N9O/c9-15-12-3-5-1-7(14-17-11)8(18)2-6(5)4-13-16-10/h5-8,18H,1-4H2/t5?,6-,7+,8?/m0/s1. The molecule has 0 heterocycles. The summed E-state index contributed by atoms with van der Waals surface area (Å²) in [5, 5.41) is 20.3. The van der Waals surface area contributed by atoms with E-state index in [1.54, 1.807) is 0 Å². The highest BCUT2D eigenvalue weighted by Crippen LogP contribution is 2.33. The molecule has 4 atom stereocenters. The first kappa shape index (κ1) is 14.0. The van der Waals surface area contributed by atoms with Crippen LogP contribution in [0, 0.1) is 11.8 Å². The van der Waals surface area contributed by atoms with Gasteiger partial charge in [-0.3, -0.25) is 0 Å². The maximum absolute atomic E-state index is 9.81. The Labute approximate surface area is 102 Å². The van der Waals surface area contributed by atoms with Crippen molar-refractivity contribution in [2.45, 2.75) is 25.0 Å². The van der Waals surface area contributed by atoms with Crippen LogP contribution in [0.1, 0.15) is 12.8 Å². The number of rotatable bonds is 5. The van der Waals surface area contributed by atoms with Crippen LogP contribution in [0.4, 0.5) is 0 Å². The highest BCUT2D eigenvalue weighted by Gasteiger charge is 2.34. The van der Waals surface area contributed by atoms with Crippen LogP contribution < -0.4 is 0 Å². The van der Waals surface area contributed by atoms with E-state index in [0.717, 1.165) is 0 Å². The van der Waals surface area contributed by atoms with Crippen LogP contribution in [-0.2, 0) is 0 Å². The van der Waals surface area contributed by atoms with Crippen molar-refractivity contribution < 1.29 is 5.11 Å². The lowest BCUT2D eigenvalue weighted by molar-refractivity contribution is 0.0549. The van der Waals surface area contributed by atoms with E-state index in [4.69, 9.17) is 16.6 Å². The topological polar surface area (TPSA) is 167 Å². The van der Waals surface area contributed by atoms with Gasteiger partial charge in [0.1, 0.15) is 0 Å². The Morgan fingerprint density at radius 2 is 1.50 bits per heavy atom. The molecular formula is C8H13N9O. The molecule has 1 rings (SSSR count). The van der Waals surface area contributed by atoms with Gasteiger partial charge in [0.25, 0.3) is 0 Å². The first-order chi connectivity index (χ1) is 8.72. The fourth-order valence-electron chi connectivity index (χ4n) is 2.24. The molecule has 2 unspecified atom stereocenters. The van der Waals surface area contributed by atoms with Gasteiger partial charge in [0.05, 0.1) is 12.1 Å². The summed E-state index contributed by atoms with van der Waals surface area (Å²) in [6.07, 6.45) is 0.0478. The molecule has 10 heteroatoms. The van der Waals surface area contributed by atoms with E-state index in [1.165, 1.54) is 0 Å². The highest BCUT2D eigenvalue weighted by molar-refractivity contribution is 4.91. The normalized spacial score (nSPS) is 30.5. The van der Waals surface area contributed by atoms with Crippen molar-refractivity contribution in [2.75, 3.05) is 13.1 Å². The fourth-order valence-corrected chi connectivity index (χ4v) is 2.24. The molecule has 0 saturated heterocycles. The highest BCUT2D eigenvalue weighted by atomic mass is 16.3. The third-order valence-corrected chi connectivity index (χ3v) is 3.16. The smallest absolute Gasteiger partial charge is 0.0636 e. The van der Waals surface area contributed by atoms with Crippen molar-refractivity contribution in [3.05, 3.63) is 31.3 Å². The third-order valence-electron chi connectivity index (χ3n) is 3.16. The van der Waals surface area contributed by atoms with Crippen molar-refractivity contribution in [3.8, 4) is 0 Å². The van der Waals surface area contributed by atoms with E-state index in [9.17, 15) is 5.11 Å². The SMILES string of the molecule is [N-]=[N+]=NCC1C[C@@H](N=[N+]=[N-])C(O)C[C@H]1CN=[N+]=[N-]. The summed E-state index contributed by atoms with van der Waals surface area (Å²) in [5.41, 5.74) is 25.0. The van der Waals surface area contributed by atoms with Gasteiger partial charge in [-0.05, 0) is 41.3 Å². The minimum absolute atomic E-state index is 0.0506. The van der Waals surface area contributed by atoms with Crippen LogP contribution in [0.5, 0.6) is 0 Å². The van der Waals surface area contributed by atoms with E-state index >= 15 is 0 Å². The molecule has 1 N–H and O–H groups in total. The number of hydrogen-bond donors (Lipinski definition) is 1. The quantitative estimate of drug-likeness (QED) is 0.443. The van der Waals surface area contributed by atoms with Crippen molar-refractivity contribution in [1.29, 1.82) is 0 Å². The second-order valence-corrected chi connectivity index (χ2v) is 4.16. The molecule has 0 aromatic rings. The summed E-state index contributed by atoms with van der Waals surface area (Å²) in [4.78, 5) is 8.06. The van der Waals surface area contributed by atoms with Crippen molar-refractivity contribution >= 4 is 0 Å². The lowest BCUT2D eigenvalue weighted by Crippen LogP contribution is -2.40. The predicted octanol–water partition coefficient (Wildman–Crippen LogP) is 2.67. The second-order valence-electron chi connectivity index (χ2n) is 4.16. The van der Waals surface area contributed by atoms with E-state index in [2.05, 4.69) is 30.1 Å². The monoisotopic (exact) mass is 251 g/mol. The average Bonchev–Trinajstić information content (AvgIpc) is 2.37. The van der Waals surface area contributed by atoms with Gasteiger partial charge in [-0.15, -0.1) is 0 Å². The van der Waals surface area contributed by atoms with E-state index in [1.807, 2.05) is 0 Å². The maximum Gasteiger partial charge on any atom is 0.0636 e. The molecule has 18 heavy (non-hydrogen) atoms. The lowest BCUT2D eigenvalue weighted by Gasteiger charge is -2.36. The Morgan fingerprint density at radius 3 is 2.00 bits per heavy atom. The van der Waals surface area contributed by atoms with E-state index < -0.39 is 12.1 Å².